The minimum absolute atomic E-state index is 0.188. The van der Waals surface area contributed by atoms with E-state index < -0.39 is 0 Å². The summed E-state index contributed by atoms with van der Waals surface area (Å²) in [6.07, 6.45) is 0. The van der Waals surface area contributed by atoms with Crippen molar-refractivity contribution in [1.82, 2.24) is 0 Å². The first-order chi connectivity index (χ1) is 8.39. The van der Waals surface area contributed by atoms with Crippen LogP contribution in [0.15, 0.2) is 30.3 Å². The van der Waals surface area contributed by atoms with Crippen LogP contribution in [-0.2, 0) is 6.54 Å². The summed E-state index contributed by atoms with van der Waals surface area (Å²) in [6, 6.07) is 10.5. The summed E-state index contributed by atoms with van der Waals surface area (Å²) in [5.41, 5.74) is 6.70. The van der Waals surface area contributed by atoms with E-state index in [-0.39, 0.29) is 5.17 Å². The smallest absolute Gasteiger partial charge is 0.151 e. The molecule has 0 saturated heterocycles. The van der Waals surface area contributed by atoms with E-state index in [4.69, 9.17) is 11.1 Å². The predicted octanol–water partition coefficient (Wildman–Crippen LogP) is 2.65. The first-order valence-electron chi connectivity index (χ1n) is 5.86. The molecule has 0 spiro atoms. The van der Waals surface area contributed by atoms with Gasteiger partial charge in [-0.1, -0.05) is 58.0 Å². The van der Waals surface area contributed by atoms with Crippen molar-refractivity contribution in [3.63, 3.8) is 0 Å². The van der Waals surface area contributed by atoms with Crippen LogP contribution in [0, 0.1) is 5.41 Å². The molecule has 18 heavy (non-hydrogen) atoms. The molecule has 3 nitrogen and oxygen atoms in total. The molecule has 100 valence electrons. The van der Waals surface area contributed by atoms with E-state index in [0.717, 1.165) is 23.3 Å². The number of thioether (sulfide) groups is 1. The average Bonchev–Trinajstić information content (AvgIpc) is 2.26. The van der Waals surface area contributed by atoms with Gasteiger partial charge in [-0.05, 0) is 0 Å². The lowest BCUT2D eigenvalue weighted by Crippen LogP contribution is -2.43. The molecule has 1 rings (SSSR count). The van der Waals surface area contributed by atoms with Crippen molar-refractivity contribution >= 4 is 32.9 Å². The number of hydrogen-bond donors (Lipinski definition) is 2. The summed E-state index contributed by atoms with van der Waals surface area (Å²) in [5, 5.41) is 7.40. The van der Waals surface area contributed by atoms with Crippen LogP contribution in [0.2, 0.25) is 0 Å². The molecular formula is C13H21BrN3S+. The van der Waals surface area contributed by atoms with Gasteiger partial charge >= 0.3 is 0 Å². The monoisotopic (exact) mass is 330 g/mol. The minimum Gasteiger partial charge on any atom is -0.379 e. The van der Waals surface area contributed by atoms with Crippen molar-refractivity contribution in [1.29, 1.82) is 5.41 Å². The quantitative estimate of drug-likeness (QED) is 0.364. The Labute approximate surface area is 122 Å². The fraction of sp³-hybridized carbons (Fsp3) is 0.462. The summed E-state index contributed by atoms with van der Waals surface area (Å²) in [6.45, 7) is 2.02. The lowest BCUT2D eigenvalue weighted by Gasteiger charge is -2.31. The molecule has 1 aromatic rings. The normalized spacial score (nSPS) is 13.3. The van der Waals surface area contributed by atoms with Crippen molar-refractivity contribution in [2.75, 3.05) is 26.4 Å². The second-order valence-corrected chi connectivity index (χ2v) is 7.39. The highest BCUT2D eigenvalue weighted by Gasteiger charge is 2.21. The number of nitrogens with one attached hydrogen (secondary N) is 1. The molecule has 5 heteroatoms. The summed E-state index contributed by atoms with van der Waals surface area (Å²) in [7, 11) is 4.44. The molecule has 1 atom stereocenters. The average molecular weight is 331 g/mol. The highest BCUT2D eigenvalue weighted by atomic mass is 79.9. The number of nitrogens with zero attached hydrogens (tertiary/aromatic N) is 1. The van der Waals surface area contributed by atoms with Gasteiger partial charge in [0.1, 0.15) is 6.54 Å². The molecule has 0 radical (unpaired) electrons. The standard InChI is InChI=1S/C13H21BrN3S/c1-17(2,8-11-6-4-3-5-7-11)9-12(14)10-18-13(15)16/h3-7,12H,8-10H2,1-2H3,(H3,15,16)/q+1/t12-/m0/s1. The van der Waals surface area contributed by atoms with Crippen LogP contribution in [0.4, 0.5) is 0 Å². The maximum absolute atomic E-state index is 7.21. The molecule has 0 aliphatic heterocycles. The van der Waals surface area contributed by atoms with Crippen LogP contribution >= 0.6 is 27.7 Å². The van der Waals surface area contributed by atoms with E-state index in [2.05, 4.69) is 54.3 Å². The highest BCUT2D eigenvalue weighted by molar-refractivity contribution is 9.09. The topological polar surface area (TPSA) is 49.9 Å². The molecule has 0 saturated carbocycles. The van der Waals surface area contributed by atoms with Gasteiger partial charge in [0.05, 0.1) is 25.5 Å². The third kappa shape index (κ3) is 6.42. The Morgan fingerprint density at radius 2 is 2.00 bits per heavy atom. The van der Waals surface area contributed by atoms with Crippen molar-refractivity contribution in [2.24, 2.45) is 5.73 Å². The first kappa shape index (κ1) is 15.5. The molecule has 0 fully saturated rings. The fourth-order valence-corrected chi connectivity index (χ4v) is 3.56. The Morgan fingerprint density at radius 3 is 2.56 bits per heavy atom. The van der Waals surface area contributed by atoms with Gasteiger partial charge in [-0.2, -0.15) is 0 Å². The molecule has 0 amide bonds. The number of rotatable bonds is 6. The van der Waals surface area contributed by atoms with Crippen molar-refractivity contribution < 1.29 is 4.48 Å². The first-order valence-corrected chi connectivity index (χ1v) is 7.76. The van der Waals surface area contributed by atoms with E-state index in [1.807, 2.05) is 6.07 Å². The third-order valence-electron chi connectivity index (χ3n) is 2.57. The van der Waals surface area contributed by atoms with E-state index in [9.17, 15) is 0 Å². The molecule has 0 unspecified atom stereocenters. The number of quaternary nitrogens is 1. The summed E-state index contributed by atoms with van der Waals surface area (Å²) >= 11 is 5.06. The van der Waals surface area contributed by atoms with Crippen LogP contribution in [0.1, 0.15) is 5.56 Å². The zero-order valence-electron chi connectivity index (χ0n) is 10.9. The van der Waals surface area contributed by atoms with Crippen LogP contribution < -0.4 is 5.73 Å². The van der Waals surface area contributed by atoms with Gasteiger partial charge in [-0.3, -0.25) is 5.41 Å². The Morgan fingerprint density at radius 1 is 1.39 bits per heavy atom. The molecular weight excluding hydrogens is 310 g/mol. The highest BCUT2D eigenvalue weighted by Crippen LogP contribution is 2.16. The Bertz CT molecular complexity index is 381. The van der Waals surface area contributed by atoms with Gasteiger partial charge < -0.3 is 10.2 Å². The number of amidine groups is 1. The lowest BCUT2D eigenvalue weighted by atomic mass is 10.2. The van der Waals surface area contributed by atoms with Gasteiger partial charge in [0, 0.05) is 11.3 Å². The fourth-order valence-electron chi connectivity index (χ4n) is 1.91. The van der Waals surface area contributed by atoms with E-state index in [1.165, 1.54) is 17.3 Å². The van der Waals surface area contributed by atoms with Gasteiger partial charge in [-0.15, -0.1) is 0 Å². The van der Waals surface area contributed by atoms with Gasteiger partial charge in [0.2, 0.25) is 0 Å². The summed E-state index contributed by atoms with van der Waals surface area (Å²) < 4.78 is 0.915. The Balaban J connectivity index is 2.46. The Kier molecular flexibility index (Phi) is 6.18. The van der Waals surface area contributed by atoms with Crippen molar-refractivity contribution in [3.05, 3.63) is 35.9 Å². The third-order valence-corrected chi connectivity index (χ3v) is 4.49. The zero-order chi connectivity index (χ0) is 13.6. The second kappa shape index (κ2) is 7.16. The van der Waals surface area contributed by atoms with Crippen molar-refractivity contribution in [3.8, 4) is 0 Å². The van der Waals surface area contributed by atoms with E-state index in [1.54, 1.807) is 0 Å². The van der Waals surface area contributed by atoms with Gasteiger partial charge in [0.25, 0.3) is 0 Å². The van der Waals surface area contributed by atoms with Crippen molar-refractivity contribution in [2.45, 2.75) is 11.4 Å². The molecule has 0 bridgehead atoms. The van der Waals surface area contributed by atoms with Crippen LogP contribution in [0.5, 0.6) is 0 Å². The Hall–Kier alpha value is -0.520. The molecule has 0 aromatic heterocycles. The number of alkyl halides is 1. The molecule has 0 aliphatic rings. The van der Waals surface area contributed by atoms with Gasteiger partial charge in [-0.25, -0.2) is 0 Å². The SMILES string of the molecule is C[N+](C)(Cc1ccccc1)C[C@H](Br)CSC(=N)N. The maximum Gasteiger partial charge on any atom is 0.151 e. The van der Waals surface area contributed by atoms with E-state index in [0.29, 0.717) is 4.83 Å². The van der Waals surface area contributed by atoms with E-state index >= 15 is 0 Å². The molecule has 0 heterocycles. The number of halogens is 1. The number of nitrogens with two attached hydrogens (primary N) is 1. The zero-order valence-corrected chi connectivity index (χ0v) is 13.3. The number of hydrogen-bond acceptors (Lipinski definition) is 2. The minimum atomic E-state index is 0.188. The predicted molar refractivity (Wildman–Crippen MR) is 84.2 cm³/mol. The van der Waals surface area contributed by atoms with Gasteiger partial charge in [0.15, 0.2) is 5.17 Å². The maximum atomic E-state index is 7.21. The second-order valence-electron chi connectivity index (χ2n) is 5.03. The van der Waals surface area contributed by atoms with Crippen LogP contribution in [-0.4, -0.2) is 40.9 Å². The van der Waals surface area contributed by atoms with Crippen LogP contribution in [0.3, 0.4) is 0 Å². The molecule has 3 N–H and O–H groups in total. The lowest BCUT2D eigenvalue weighted by molar-refractivity contribution is -0.902. The number of benzene rings is 1. The molecule has 0 aliphatic carbocycles. The molecule has 1 aromatic carbocycles. The summed E-state index contributed by atoms with van der Waals surface area (Å²) in [4.78, 5) is 0.366. The van der Waals surface area contributed by atoms with Crippen LogP contribution in [0.25, 0.3) is 0 Å². The largest absolute Gasteiger partial charge is 0.379 e. The summed E-state index contributed by atoms with van der Waals surface area (Å²) in [5.74, 6) is 0.839.